The molecule has 0 fully saturated rings. The number of thiophene rings is 1. The van der Waals surface area contributed by atoms with Crippen molar-refractivity contribution < 1.29 is 13.2 Å². The van der Waals surface area contributed by atoms with Gasteiger partial charge in [0.2, 0.25) is 0 Å². The summed E-state index contributed by atoms with van der Waals surface area (Å²) in [5.74, 6) is 0.674. The van der Waals surface area contributed by atoms with Crippen LogP contribution in [-0.4, -0.2) is 27.3 Å². The largest absolute Gasteiger partial charge is 0.489 e. The van der Waals surface area contributed by atoms with Gasteiger partial charge in [0.25, 0.3) is 0 Å². The molecule has 1 atom stereocenters. The van der Waals surface area contributed by atoms with Gasteiger partial charge in [0.05, 0.1) is 4.90 Å². The van der Waals surface area contributed by atoms with Crippen LogP contribution in [0.5, 0.6) is 5.75 Å². The van der Waals surface area contributed by atoms with Crippen LogP contribution < -0.4 is 10.1 Å². The third-order valence-electron chi connectivity index (χ3n) is 2.90. The van der Waals surface area contributed by atoms with E-state index < -0.39 is 9.84 Å². The Hall–Kier alpha value is -1.37. The zero-order valence-electron chi connectivity index (χ0n) is 12.1. The average Bonchev–Trinajstić information content (AvgIpc) is 2.91. The van der Waals surface area contributed by atoms with Gasteiger partial charge in [0.15, 0.2) is 9.84 Å². The van der Waals surface area contributed by atoms with Crippen molar-refractivity contribution in [3.05, 3.63) is 46.7 Å². The average molecular weight is 325 g/mol. The Morgan fingerprint density at radius 2 is 1.95 bits per heavy atom. The van der Waals surface area contributed by atoms with Gasteiger partial charge in [0, 0.05) is 24.2 Å². The number of nitrogens with one attached hydrogen (secondary N) is 1. The standard InChI is InChI=1S/C15H19NO3S2/c1-12(10-16-11-14-4-3-9-20-14)19-13-5-7-15(8-6-13)21(2,17)18/h3-9,12,16H,10-11H2,1-2H3. The predicted octanol–water partition coefficient (Wildman–Crippen LogP) is 2.71. The lowest BCUT2D eigenvalue weighted by Crippen LogP contribution is -2.28. The van der Waals surface area contributed by atoms with Gasteiger partial charge in [-0.1, -0.05) is 6.07 Å². The molecule has 0 saturated carbocycles. The first kappa shape index (κ1) is 16.0. The highest BCUT2D eigenvalue weighted by atomic mass is 32.2. The fourth-order valence-corrected chi connectivity index (χ4v) is 3.16. The molecule has 1 aromatic heterocycles. The summed E-state index contributed by atoms with van der Waals surface area (Å²) < 4.78 is 28.5. The van der Waals surface area contributed by atoms with Gasteiger partial charge < -0.3 is 10.1 Å². The van der Waals surface area contributed by atoms with Crippen molar-refractivity contribution >= 4 is 21.2 Å². The monoisotopic (exact) mass is 325 g/mol. The molecule has 2 rings (SSSR count). The molecular weight excluding hydrogens is 306 g/mol. The molecule has 0 aliphatic heterocycles. The highest BCUT2D eigenvalue weighted by Crippen LogP contribution is 2.17. The molecule has 2 aromatic rings. The smallest absolute Gasteiger partial charge is 0.175 e. The number of hydrogen-bond acceptors (Lipinski definition) is 5. The Bertz CT molecular complexity index is 649. The van der Waals surface area contributed by atoms with Crippen LogP contribution in [0, 0.1) is 0 Å². The molecule has 0 aliphatic carbocycles. The van der Waals surface area contributed by atoms with Crippen LogP contribution in [0.4, 0.5) is 0 Å². The first-order valence-electron chi connectivity index (χ1n) is 6.65. The van der Waals surface area contributed by atoms with Crippen molar-refractivity contribution in [2.24, 2.45) is 0 Å². The van der Waals surface area contributed by atoms with Gasteiger partial charge in [-0.25, -0.2) is 8.42 Å². The van der Waals surface area contributed by atoms with E-state index in [0.29, 0.717) is 10.6 Å². The van der Waals surface area contributed by atoms with Crippen LogP contribution in [-0.2, 0) is 16.4 Å². The van der Waals surface area contributed by atoms with Gasteiger partial charge in [0.1, 0.15) is 11.9 Å². The summed E-state index contributed by atoms with van der Waals surface area (Å²) in [6, 6.07) is 10.6. The van der Waals surface area contributed by atoms with Crippen LogP contribution >= 0.6 is 11.3 Å². The summed E-state index contributed by atoms with van der Waals surface area (Å²) in [4.78, 5) is 1.60. The quantitative estimate of drug-likeness (QED) is 0.850. The van der Waals surface area contributed by atoms with Crippen molar-refractivity contribution in [3.63, 3.8) is 0 Å². The zero-order chi connectivity index (χ0) is 15.3. The molecular formula is C15H19NO3S2. The number of hydrogen-bond donors (Lipinski definition) is 1. The summed E-state index contributed by atoms with van der Waals surface area (Å²) >= 11 is 1.72. The Labute approximate surface area is 129 Å². The lowest BCUT2D eigenvalue weighted by molar-refractivity contribution is 0.217. The molecule has 0 spiro atoms. The van der Waals surface area contributed by atoms with E-state index in [2.05, 4.69) is 16.8 Å². The SMILES string of the molecule is CC(CNCc1cccs1)Oc1ccc(S(C)(=O)=O)cc1. The Kier molecular flexibility index (Phi) is 5.39. The van der Waals surface area contributed by atoms with Gasteiger partial charge in [-0.3, -0.25) is 0 Å². The third kappa shape index (κ3) is 5.15. The minimum absolute atomic E-state index is 0.00838. The summed E-state index contributed by atoms with van der Waals surface area (Å²) in [7, 11) is -3.15. The third-order valence-corrected chi connectivity index (χ3v) is 4.91. The Morgan fingerprint density at radius 1 is 1.24 bits per heavy atom. The Balaban J connectivity index is 1.81. The molecule has 0 amide bonds. The van der Waals surface area contributed by atoms with Gasteiger partial charge in [-0.15, -0.1) is 11.3 Å². The second-order valence-electron chi connectivity index (χ2n) is 4.88. The Morgan fingerprint density at radius 3 is 2.52 bits per heavy atom. The fraction of sp³-hybridized carbons (Fsp3) is 0.333. The summed E-state index contributed by atoms with van der Waals surface area (Å²) in [5.41, 5.74) is 0. The van der Waals surface area contributed by atoms with Crippen LogP contribution in [0.3, 0.4) is 0 Å². The van der Waals surface area contributed by atoms with Crippen molar-refractivity contribution in [2.45, 2.75) is 24.5 Å². The molecule has 1 heterocycles. The molecule has 0 aliphatic rings. The maximum atomic E-state index is 11.4. The molecule has 114 valence electrons. The highest BCUT2D eigenvalue weighted by Gasteiger charge is 2.08. The number of ether oxygens (including phenoxy) is 1. The molecule has 0 bridgehead atoms. The number of benzene rings is 1. The van der Waals surface area contributed by atoms with Gasteiger partial charge in [-0.2, -0.15) is 0 Å². The van der Waals surface area contributed by atoms with E-state index in [1.54, 1.807) is 35.6 Å². The van der Waals surface area contributed by atoms with Crippen LogP contribution in [0.15, 0.2) is 46.7 Å². The van der Waals surface area contributed by atoms with Crippen LogP contribution in [0.2, 0.25) is 0 Å². The van der Waals surface area contributed by atoms with E-state index in [4.69, 9.17) is 4.74 Å². The van der Waals surface area contributed by atoms with Gasteiger partial charge in [-0.05, 0) is 42.6 Å². The van der Waals surface area contributed by atoms with E-state index in [1.165, 1.54) is 11.1 Å². The minimum atomic E-state index is -3.15. The van der Waals surface area contributed by atoms with Crippen LogP contribution in [0.25, 0.3) is 0 Å². The van der Waals surface area contributed by atoms with E-state index in [9.17, 15) is 8.42 Å². The van der Waals surface area contributed by atoms with Crippen molar-refractivity contribution in [2.75, 3.05) is 12.8 Å². The topological polar surface area (TPSA) is 55.4 Å². The second-order valence-corrected chi connectivity index (χ2v) is 7.93. The van der Waals surface area contributed by atoms with Crippen molar-refractivity contribution in [3.8, 4) is 5.75 Å². The maximum Gasteiger partial charge on any atom is 0.175 e. The summed E-state index contributed by atoms with van der Waals surface area (Å²) in [6.07, 6.45) is 1.20. The first-order chi connectivity index (χ1) is 9.95. The lowest BCUT2D eigenvalue weighted by atomic mass is 10.3. The number of sulfone groups is 1. The minimum Gasteiger partial charge on any atom is -0.489 e. The molecule has 6 heteroatoms. The predicted molar refractivity (Wildman–Crippen MR) is 85.7 cm³/mol. The number of rotatable bonds is 7. The van der Waals surface area contributed by atoms with E-state index in [1.807, 2.05) is 13.0 Å². The molecule has 0 radical (unpaired) electrons. The normalized spacial score (nSPS) is 13.0. The van der Waals surface area contributed by atoms with Gasteiger partial charge >= 0.3 is 0 Å². The van der Waals surface area contributed by atoms with Crippen LogP contribution in [0.1, 0.15) is 11.8 Å². The van der Waals surface area contributed by atoms with Crippen molar-refractivity contribution in [1.29, 1.82) is 0 Å². The molecule has 1 unspecified atom stereocenters. The second kappa shape index (κ2) is 7.06. The summed E-state index contributed by atoms with van der Waals surface area (Å²) in [5, 5.41) is 5.39. The van der Waals surface area contributed by atoms with Crippen molar-refractivity contribution in [1.82, 2.24) is 5.32 Å². The molecule has 4 nitrogen and oxygen atoms in total. The summed E-state index contributed by atoms with van der Waals surface area (Å²) in [6.45, 7) is 3.54. The molecule has 1 aromatic carbocycles. The first-order valence-corrected chi connectivity index (χ1v) is 9.42. The molecule has 0 saturated heterocycles. The van der Waals surface area contributed by atoms with E-state index >= 15 is 0 Å². The van der Waals surface area contributed by atoms with E-state index in [0.717, 1.165) is 13.1 Å². The lowest BCUT2D eigenvalue weighted by Gasteiger charge is -2.15. The fourth-order valence-electron chi connectivity index (χ4n) is 1.85. The maximum absolute atomic E-state index is 11.4. The van der Waals surface area contributed by atoms with E-state index in [-0.39, 0.29) is 6.10 Å². The molecule has 21 heavy (non-hydrogen) atoms. The highest BCUT2D eigenvalue weighted by molar-refractivity contribution is 7.90. The molecule has 1 N–H and O–H groups in total. The zero-order valence-corrected chi connectivity index (χ0v) is 13.7.